The van der Waals surface area contributed by atoms with E-state index in [1.807, 2.05) is 34.9 Å². The molecule has 3 nitrogen and oxygen atoms in total. The van der Waals surface area contributed by atoms with Crippen LogP contribution in [0.15, 0.2) is 35.1 Å². The summed E-state index contributed by atoms with van der Waals surface area (Å²) in [5.41, 5.74) is 4.36. The summed E-state index contributed by atoms with van der Waals surface area (Å²) < 4.78 is 8.04. The monoisotopic (exact) mass is 325 g/mol. The Morgan fingerprint density at radius 3 is 2.50 bits per heavy atom. The second kappa shape index (κ2) is 7.69. The van der Waals surface area contributed by atoms with E-state index in [4.69, 9.17) is 4.74 Å². The Morgan fingerprint density at radius 1 is 1.04 bits per heavy atom. The lowest BCUT2D eigenvalue weighted by Gasteiger charge is -2.26. The van der Waals surface area contributed by atoms with Gasteiger partial charge in [-0.05, 0) is 50.7 Å². The predicted molar refractivity (Wildman–Crippen MR) is 98.5 cm³/mol. The average molecular weight is 325 g/mol. The van der Waals surface area contributed by atoms with Crippen LogP contribution in [0.4, 0.5) is 0 Å². The van der Waals surface area contributed by atoms with Gasteiger partial charge in [-0.15, -0.1) is 0 Å². The van der Waals surface area contributed by atoms with E-state index in [-0.39, 0.29) is 5.56 Å². The summed E-state index contributed by atoms with van der Waals surface area (Å²) in [5.74, 6) is 0.894. The van der Waals surface area contributed by atoms with Gasteiger partial charge in [0.25, 0.3) is 5.56 Å². The summed E-state index contributed by atoms with van der Waals surface area (Å²) in [6, 6.07) is 10.0. The minimum absolute atomic E-state index is 0.106. The second-order valence-corrected chi connectivity index (χ2v) is 6.51. The van der Waals surface area contributed by atoms with Gasteiger partial charge in [-0.3, -0.25) is 9.36 Å². The summed E-state index contributed by atoms with van der Waals surface area (Å²) in [6.07, 6.45) is 6.96. The van der Waals surface area contributed by atoms with Gasteiger partial charge in [-0.1, -0.05) is 38.5 Å². The van der Waals surface area contributed by atoms with Crippen molar-refractivity contribution in [1.29, 1.82) is 0 Å². The first-order valence-corrected chi connectivity index (χ1v) is 9.25. The summed E-state index contributed by atoms with van der Waals surface area (Å²) in [6.45, 7) is 4.91. The van der Waals surface area contributed by atoms with E-state index in [2.05, 4.69) is 13.8 Å². The maximum atomic E-state index is 13.3. The van der Waals surface area contributed by atoms with Crippen LogP contribution in [0.25, 0.3) is 5.69 Å². The Kier molecular flexibility index (Phi) is 5.39. The quantitative estimate of drug-likeness (QED) is 0.785. The topological polar surface area (TPSA) is 31.2 Å². The number of benzene rings is 1. The molecule has 0 atom stereocenters. The number of ether oxygens (including phenoxy) is 1. The first-order valence-electron chi connectivity index (χ1n) is 9.25. The number of rotatable bonds is 6. The van der Waals surface area contributed by atoms with Crippen LogP contribution < -0.4 is 10.3 Å². The molecule has 0 spiro atoms. The highest BCUT2D eigenvalue weighted by Crippen LogP contribution is 2.33. The van der Waals surface area contributed by atoms with Crippen molar-refractivity contribution in [3.8, 4) is 11.4 Å². The highest BCUT2D eigenvalue weighted by atomic mass is 16.5. The molecule has 24 heavy (non-hydrogen) atoms. The molecule has 0 N–H and O–H groups in total. The van der Waals surface area contributed by atoms with Crippen molar-refractivity contribution in [3.63, 3.8) is 0 Å². The molecule has 0 unspecified atom stereocenters. The summed E-state index contributed by atoms with van der Waals surface area (Å²) in [7, 11) is 0. The molecule has 1 aromatic carbocycles. The minimum atomic E-state index is 0.106. The minimum Gasteiger partial charge on any atom is -0.493 e. The smallest absolute Gasteiger partial charge is 0.262 e. The standard InChI is InChI=1S/C21H27NO2/c1-3-10-18-20(24-15-4-2)17-13-8-9-14-19(17)22(21(18)23)16-11-6-5-7-12-16/h5-7,11-12H,3-4,8-10,13-15H2,1-2H3. The van der Waals surface area contributed by atoms with Gasteiger partial charge in [0.15, 0.2) is 0 Å². The molecular formula is C21H27NO2. The van der Waals surface area contributed by atoms with Gasteiger partial charge in [0.05, 0.1) is 12.2 Å². The van der Waals surface area contributed by atoms with Crippen molar-refractivity contribution in [1.82, 2.24) is 4.57 Å². The van der Waals surface area contributed by atoms with Gasteiger partial charge in [0.2, 0.25) is 0 Å². The van der Waals surface area contributed by atoms with Gasteiger partial charge in [0.1, 0.15) is 5.75 Å². The molecule has 0 saturated carbocycles. The lowest BCUT2D eigenvalue weighted by Crippen LogP contribution is -2.30. The van der Waals surface area contributed by atoms with Gasteiger partial charge >= 0.3 is 0 Å². The van der Waals surface area contributed by atoms with Crippen LogP contribution in [0, 0.1) is 0 Å². The first kappa shape index (κ1) is 16.8. The molecule has 0 radical (unpaired) electrons. The van der Waals surface area contributed by atoms with Crippen molar-refractivity contribution >= 4 is 0 Å². The van der Waals surface area contributed by atoms with Gasteiger partial charge in [0, 0.05) is 16.9 Å². The molecule has 0 aliphatic heterocycles. The normalized spacial score (nSPS) is 13.6. The zero-order valence-electron chi connectivity index (χ0n) is 14.8. The number of fused-ring (bicyclic) bond motifs is 1. The lowest BCUT2D eigenvalue weighted by molar-refractivity contribution is 0.307. The Bertz CT molecular complexity index is 747. The Labute approximate surface area is 144 Å². The first-order chi connectivity index (χ1) is 11.8. The van der Waals surface area contributed by atoms with Crippen LogP contribution in [0.5, 0.6) is 5.75 Å². The Balaban J connectivity index is 2.26. The summed E-state index contributed by atoms with van der Waals surface area (Å²) in [4.78, 5) is 13.3. The number of aromatic nitrogens is 1. The molecule has 3 heteroatoms. The maximum absolute atomic E-state index is 13.3. The number of hydrogen-bond donors (Lipinski definition) is 0. The van der Waals surface area contributed by atoms with Crippen LogP contribution in [0.3, 0.4) is 0 Å². The van der Waals surface area contributed by atoms with Crippen molar-refractivity contribution < 1.29 is 4.74 Å². The molecule has 1 aliphatic carbocycles. The van der Waals surface area contributed by atoms with E-state index in [1.54, 1.807) is 0 Å². The van der Waals surface area contributed by atoms with Crippen LogP contribution in [0.2, 0.25) is 0 Å². The van der Waals surface area contributed by atoms with Crippen molar-refractivity contribution in [2.45, 2.75) is 58.8 Å². The third kappa shape index (κ3) is 3.12. The fourth-order valence-corrected chi connectivity index (χ4v) is 3.62. The molecule has 1 aliphatic rings. The molecule has 3 rings (SSSR count). The average Bonchev–Trinajstić information content (AvgIpc) is 2.62. The molecule has 0 saturated heterocycles. The second-order valence-electron chi connectivity index (χ2n) is 6.51. The van der Waals surface area contributed by atoms with E-state index < -0.39 is 0 Å². The number of hydrogen-bond acceptors (Lipinski definition) is 2. The summed E-state index contributed by atoms with van der Waals surface area (Å²) in [5, 5.41) is 0. The van der Waals surface area contributed by atoms with E-state index in [1.165, 1.54) is 12.0 Å². The van der Waals surface area contributed by atoms with Crippen LogP contribution in [-0.4, -0.2) is 11.2 Å². The zero-order chi connectivity index (χ0) is 16.9. The molecule has 0 amide bonds. The highest BCUT2D eigenvalue weighted by Gasteiger charge is 2.25. The predicted octanol–water partition coefficient (Wildman–Crippen LogP) is 4.46. The van der Waals surface area contributed by atoms with E-state index in [9.17, 15) is 4.79 Å². The number of pyridine rings is 1. The summed E-state index contributed by atoms with van der Waals surface area (Å²) >= 11 is 0. The Hall–Kier alpha value is -2.03. The SMILES string of the molecule is CCCOc1c2c(n(-c3ccccc3)c(=O)c1CCC)CCCC2. The molecule has 0 fully saturated rings. The van der Waals surface area contributed by atoms with Gasteiger partial charge in [-0.25, -0.2) is 0 Å². The van der Waals surface area contributed by atoms with Crippen LogP contribution in [0.1, 0.15) is 56.4 Å². The van der Waals surface area contributed by atoms with Crippen LogP contribution in [-0.2, 0) is 19.3 Å². The molecule has 1 aromatic heterocycles. The Morgan fingerprint density at radius 2 is 1.79 bits per heavy atom. The highest BCUT2D eigenvalue weighted by molar-refractivity contribution is 5.49. The van der Waals surface area contributed by atoms with Crippen molar-refractivity contribution in [2.24, 2.45) is 0 Å². The fourth-order valence-electron chi connectivity index (χ4n) is 3.62. The molecule has 128 valence electrons. The zero-order valence-corrected chi connectivity index (χ0v) is 14.8. The molecule has 0 bridgehead atoms. The third-order valence-electron chi connectivity index (χ3n) is 4.68. The van der Waals surface area contributed by atoms with Gasteiger partial charge in [-0.2, -0.15) is 0 Å². The lowest BCUT2D eigenvalue weighted by atomic mass is 9.92. The fraction of sp³-hybridized carbons (Fsp3) is 0.476. The van der Waals surface area contributed by atoms with E-state index in [0.717, 1.165) is 61.2 Å². The van der Waals surface area contributed by atoms with E-state index in [0.29, 0.717) is 6.61 Å². The number of nitrogens with zero attached hydrogens (tertiary/aromatic N) is 1. The van der Waals surface area contributed by atoms with E-state index >= 15 is 0 Å². The van der Waals surface area contributed by atoms with Crippen molar-refractivity contribution in [3.05, 3.63) is 57.5 Å². The van der Waals surface area contributed by atoms with Gasteiger partial charge < -0.3 is 4.74 Å². The van der Waals surface area contributed by atoms with Crippen LogP contribution >= 0.6 is 0 Å². The molecule has 2 aromatic rings. The largest absolute Gasteiger partial charge is 0.493 e. The van der Waals surface area contributed by atoms with Crippen molar-refractivity contribution in [2.75, 3.05) is 6.61 Å². The third-order valence-corrected chi connectivity index (χ3v) is 4.68. The number of para-hydroxylation sites is 1. The molecular weight excluding hydrogens is 298 g/mol. The maximum Gasteiger partial charge on any atom is 0.262 e. The molecule has 1 heterocycles.